The van der Waals surface area contributed by atoms with Gasteiger partial charge in [-0.1, -0.05) is 61.2 Å². The highest BCUT2D eigenvalue weighted by Gasteiger charge is 2.25. The summed E-state index contributed by atoms with van der Waals surface area (Å²) in [6.07, 6.45) is 6.03. The molecule has 2 aromatic rings. The fourth-order valence-electron chi connectivity index (χ4n) is 4.02. The lowest BCUT2D eigenvalue weighted by molar-refractivity contribution is -0.143. The monoisotopic (exact) mass is 429 g/mol. The third-order valence-electron chi connectivity index (χ3n) is 5.72. The summed E-state index contributed by atoms with van der Waals surface area (Å²) in [5, 5.41) is 0. The van der Waals surface area contributed by atoms with Crippen LogP contribution in [0.2, 0.25) is 0 Å². The lowest BCUT2D eigenvalue weighted by Crippen LogP contribution is -2.30. The number of carbonyl (C=O) groups excluding carboxylic acids is 1. The van der Waals surface area contributed by atoms with E-state index in [4.69, 9.17) is 4.74 Å². The molecule has 1 atom stereocenters. The number of aryl methyl sites for hydroxylation is 1. The van der Waals surface area contributed by atoms with Gasteiger partial charge in [-0.25, -0.2) is 13.1 Å². The SMILES string of the molecule is CCOC(=O)CC(NS(=O)(=O)c1ccc(C2CCCCC2)cc1)c1ccc(C)cc1. The number of sulfonamides is 1. The van der Waals surface area contributed by atoms with Gasteiger partial charge in [0.2, 0.25) is 10.0 Å². The van der Waals surface area contributed by atoms with Crippen LogP contribution in [0.25, 0.3) is 0 Å². The van der Waals surface area contributed by atoms with Gasteiger partial charge in [0, 0.05) is 0 Å². The van der Waals surface area contributed by atoms with Gasteiger partial charge >= 0.3 is 5.97 Å². The van der Waals surface area contributed by atoms with Gasteiger partial charge < -0.3 is 4.74 Å². The van der Waals surface area contributed by atoms with Crippen molar-refractivity contribution < 1.29 is 17.9 Å². The Bertz CT molecular complexity index is 930. The lowest BCUT2D eigenvalue weighted by atomic mass is 9.84. The molecule has 3 rings (SSSR count). The van der Waals surface area contributed by atoms with E-state index < -0.39 is 22.0 Å². The zero-order chi connectivity index (χ0) is 21.6. The highest BCUT2D eigenvalue weighted by Crippen LogP contribution is 2.33. The van der Waals surface area contributed by atoms with Crippen LogP contribution in [0.5, 0.6) is 0 Å². The third-order valence-corrected chi connectivity index (χ3v) is 7.21. The Balaban J connectivity index is 1.79. The quantitative estimate of drug-likeness (QED) is 0.598. The van der Waals surface area contributed by atoms with Crippen molar-refractivity contribution in [2.45, 2.75) is 69.2 Å². The first kappa shape index (κ1) is 22.5. The zero-order valence-corrected chi connectivity index (χ0v) is 18.6. The van der Waals surface area contributed by atoms with Gasteiger partial charge in [0.15, 0.2) is 0 Å². The summed E-state index contributed by atoms with van der Waals surface area (Å²) in [6, 6.07) is 14.0. The standard InChI is InChI=1S/C24H31NO4S/c1-3-29-24(26)17-23(21-11-9-18(2)10-12-21)25-30(27,28)22-15-13-20(14-16-22)19-7-5-4-6-8-19/h9-16,19,23,25H,3-8,17H2,1-2H3. The largest absolute Gasteiger partial charge is 0.466 e. The molecule has 1 fully saturated rings. The van der Waals surface area contributed by atoms with E-state index in [-0.39, 0.29) is 17.9 Å². The third kappa shape index (κ3) is 5.92. The Morgan fingerprint density at radius 1 is 1.03 bits per heavy atom. The van der Waals surface area contributed by atoms with Crippen molar-refractivity contribution in [3.63, 3.8) is 0 Å². The normalized spacial score (nSPS) is 16.2. The second-order valence-corrected chi connectivity index (χ2v) is 9.71. The highest BCUT2D eigenvalue weighted by atomic mass is 32.2. The summed E-state index contributed by atoms with van der Waals surface area (Å²) < 4.78 is 33.8. The molecule has 1 saturated carbocycles. The molecule has 30 heavy (non-hydrogen) atoms. The molecule has 1 aliphatic carbocycles. The van der Waals surface area contributed by atoms with Crippen molar-refractivity contribution >= 4 is 16.0 Å². The summed E-state index contributed by atoms with van der Waals surface area (Å²) in [5.74, 6) is 0.0889. The smallest absolute Gasteiger partial charge is 0.307 e. The van der Waals surface area contributed by atoms with Crippen molar-refractivity contribution in [1.29, 1.82) is 0 Å². The maximum Gasteiger partial charge on any atom is 0.307 e. The molecule has 1 aliphatic rings. The van der Waals surface area contributed by atoms with Crippen molar-refractivity contribution in [2.75, 3.05) is 6.61 Å². The average molecular weight is 430 g/mol. The zero-order valence-electron chi connectivity index (χ0n) is 17.8. The second-order valence-electron chi connectivity index (χ2n) is 8.00. The Kier molecular flexibility index (Phi) is 7.67. The van der Waals surface area contributed by atoms with Crippen LogP contribution in [0.15, 0.2) is 53.4 Å². The molecule has 0 amide bonds. The first-order valence-corrected chi connectivity index (χ1v) is 12.2. The predicted octanol–water partition coefficient (Wildman–Crippen LogP) is 5.02. The summed E-state index contributed by atoms with van der Waals surface area (Å²) >= 11 is 0. The maximum atomic E-state index is 13.0. The van der Waals surface area contributed by atoms with Crippen LogP contribution in [-0.4, -0.2) is 21.0 Å². The Hall–Kier alpha value is -2.18. The first-order chi connectivity index (χ1) is 14.4. The van der Waals surface area contributed by atoms with Crippen LogP contribution in [0.4, 0.5) is 0 Å². The summed E-state index contributed by atoms with van der Waals surface area (Å²) in [7, 11) is -3.78. The highest BCUT2D eigenvalue weighted by molar-refractivity contribution is 7.89. The van der Waals surface area contributed by atoms with E-state index in [1.54, 1.807) is 19.1 Å². The molecule has 0 aliphatic heterocycles. The van der Waals surface area contributed by atoms with Gasteiger partial charge in [-0.3, -0.25) is 4.79 Å². The lowest BCUT2D eigenvalue weighted by Gasteiger charge is -2.22. The van der Waals surface area contributed by atoms with Crippen LogP contribution in [0, 0.1) is 6.92 Å². The number of benzene rings is 2. The first-order valence-electron chi connectivity index (χ1n) is 10.7. The summed E-state index contributed by atoms with van der Waals surface area (Å²) in [5.41, 5.74) is 3.00. The molecule has 0 saturated heterocycles. The van der Waals surface area contributed by atoms with E-state index in [0.29, 0.717) is 5.92 Å². The van der Waals surface area contributed by atoms with Crippen molar-refractivity contribution in [3.8, 4) is 0 Å². The minimum absolute atomic E-state index is 0.0592. The molecule has 0 radical (unpaired) electrons. The molecule has 5 nitrogen and oxygen atoms in total. The molecular formula is C24H31NO4S. The van der Waals surface area contributed by atoms with Crippen LogP contribution in [0.1, 0.15) is 74.1 Å². The average Bonchev–Trinajstić information content (AvgIpc) is 2.74. The number of esters is 1. The molecular weight excluding hydrogens is 398 g/mol. The van der Waals surface area contributed by atoms with E-state index in [2.05, 4.69) is 4.72 Å². The molecule has 1 N–H and O–H groups in total. The topological polar surface area (TPSA) is 72.5 Å². The maximum absolute atomic E-state index is 13.0. The van der Waals surface area contributed by atoms with Crippen molar-refractivity contribution in [1.82, 2.24) is 4.72 Å². The Morgan fingerprint density at radius 2 is 1.67 bits per heavy atom. The van der Waals surface area contributed by atoms with Crippen molar-refractivity contribution in [2.24, 2.45) is 0 Å². The number of nitrogens with one attached hydrogen (secondary N) is 1. The van der Waals surface area contributed by atoms with Gasteiger partial charge in [0.05, 0.1) is 24.0 Å². The van der Waals surface area contributed by atoms with Crippen LogP contribution in [0.3, 0.4) is 0 Å². The molecule has 0 aromatic heterocycles. The molecule has 2 aromatic carbocycles. The fraction of sp³-hybridized carbons (Fsp3) is 0.458. The Labute approximate surface area is 179 Å². The minimum Gasteiger partial charge on any atom is -0.466 e. The second kappa shape index (κ2) is 10.2. The summed E-state index contributed by atoms with van der Waals surface area (Å²) in [6.45, 7) is 3.95. The fourth-order valence-corrected chi connectivity index (χ4v) is 5.25. The number of rotatable bonds is 8. The molecule has 6 heteroatoms. The van der Waals surface area contributed by atoms with Crippen LogP contribution < -0.4 is 4.72 Å². The van der Waals surface area contributed by atoms with Gasteiger partial charge in [-0.05, 0) is 55.9 Å². The molecule has 1 unspecified atom stereocenters. The predicted molar refractivity (Wildman–Crippen MR) is 118 cm³/mol. The van der Waals surface area contributed by atoms with E-state index in [1.165, 1.54) is 37.7 Å². The summed E-state index contributed by atoms with van der Waals surface area (Å²) in [4.78, 5) is 12.3. The van der Waals surface area contributed by atoms with Gasteiger partial charge in [0.1, 0.15) is 0 Å². The van der Waals surface area contributed by atoms with E-state index in [1.807, 2.05) is 43.3 Å². The molecule has 0 bridgehead atoms. The van der Waals surface area contributed by atoms with Crippen LogP contribution >= 0.6 is 0 Å². The van der Waals surface area contributed by atoms with Gasteiger partial charge in [-0.2, -0.15) is 0 Å². The van der Waals surface area contributed by atoms with E-state index in [9.17, 15) is 13.2 Å². The van der Waals surface area contributed by atoms with Gasteiger partial charge in [0.25, 0.3) is 0 Å². The van der Waals surface area contributed by atoms with Crippen LogP contribution in [-0.2, 0) is 19.6 Å². The number of hydrogen-bond donors (Lipinski definition) is 1. The number of carbonyl (C=O) groups is 1. The number of hydrogen-bond acceptors (Lipinski definition) is 4. The van der Waals surface area contributed by atoms with E-state index >= 15 is 0 Å². The van der Waals surface area contributed by atoms with E-state index in [0.717, 1.165) is 11.1 Å². The molecule has 0 spiro atoms. The Morgan fingerprint density at radius 3 is 2.27 bits per heavy atom. The van der Waals surface area contributed by atoms with Gasteiger partial charge in [-0.15, -0.1) is 0 Å². The minimum atomic E-state index is -3.78. The molecule has 0 heterocycles. The number of ether oxygens (including phenoxy) is 1. The van der Waals surface area contributed by atoms with Crippen molar-refractivity contribution in [3.05, 3.63) is 65.2 Å². The molecule has 162 valence electrons.